The molecule has 0 saturated carbocycles. The first-order chi connectivity index (χ1) is 8.15. The van der Waals surface area contributed by atoms with Crippen LogP contribution >= 0.6 is 0 Å². The second-order valence-corrected chi connectivity index (χ2v) is 4.59. The number of rotatable bonds is 2. The first kappa shape index (κ1) is 11.9. The van der Waals surface area contributed by atoms with E-state index >= 15 is 0 Å². The van der Waals surface area contributed by atoms with Gasteiger partial charge in [-0.05, 0) is 30.5 Å². The van der Waals surface area contributed by atoms with Crippen LogP contribution in [0.4, 0.5) is 0 Å². The molecule has 1 atom stereocenters. The standard InChI is InChI=1S/C13H18N2O2/c14-11-4-2-6-15(9-11)13(17)8-10-3-1-5-12(16)7-10/h1,3,5,7,11,16H,2,4,6,8-9,14H2. The lowest BCUT2D eigenvalue weighted by Crippen LogP contribution is -2.46. The van der Waals surface area contributed by atoms with Crippen molar-refractivity contribution in [3.8, 4) is 5.75 Å². The summed E-state index contributed by atoms with van der Waals surface area (Å²) in [6, 6.07) is 6.94. The number of nitrogens with zero attached hydrogens (tertiary/aromatic N) is 1. The van der Waals surface area contributed by atoms with E-state index in [0.29, 0.717) is 13.0 Å². The molecule has 0 aromatic heterocycles. The first-order valence-electron chi connectivity index (χ1n) is 5.96. The quantitative estimate of drug-likeness (QED) is 0.798. The van der Waals surface area contributed by atoms with Crippen molar-refractivity contribution in [1.29, 1.82) is 0 Å². The molecule has 0 radical (unpaired) electrons. The van der Waals surface area contributed by atoms with E-state index in [1.807, 2.05) is 11.0 Å². The molecule has 1 amide bonds. The number of phenolic OH excluding ortho intramolecular Hbond substituents is 1. The molecule has 92 valence electrons. The Morgan fingerprint density at radius 2 is 2.35 bits per heavy atom. The Labute approximate surface area is 101 Å². The van der Waals surface area contributed by atoms with Crippen LogP contribution in [0, 0.1) is 0 Å². The van der Waals surface area contributed by atoms with Crippen LogP contribution in [0.2, 0.25) is 0 Å². The average Bonchev–Trinajstić information content (AvgIpc) is 2.29. The molecule has 1 aliphatic rings. The largest absolute Gasteiger partial charge is 0.508 e. The SMILES string of the molecule is NC1CCCN(C(=O)Cc2cccc(O)c2)C1. The highest BCUT2D eigenvalue weighted by Crippen LogP contribution is 2.14. The molecule has 1 aliphatic heterocycles. The molecule has 1 aromatic carbocycles. The number of aromatic hydroxyl groups is 1. The lowest BCUT2D eigenvalue weighted by atomic mass is 10.1. The summed E-state index contributed by atoms with van der Waals surface area (Å²) in [5.74, 6) is 0.288. The molecular formula is C13H18N2O2. The Balaban J connectivity index is 1.96. The zero-order chi connectivity index (χ0) is 12.3. The number of hydrogen-bond acceptors (Lipinski definition) is 3. The van der Waals surface area contributed by atoms with Crippen molar-refractivity contribution in [2.24, 2.45) is 5.73 Å². The lowest BCUT2D eigenvalue weighted by molar-refractivity contribution is -0.131. The minimum Gasteiger partial charge on any atom is -0.508 e. The molecule has 0 bridgehead atoms. The number of benzene rings is 1. The topological polar surface area (TPSA) is 66.6 Å². The van der Waals surface area contributed by atoms with Crippen LogP contribution in [0.1, 0.15) is 18.4 Å². The van der Waals surface area contributed by atoms with Crippen molar-refractivity contribution in [1.82, 2.24) is 4.90 Å². The van der Waals surface area contributed by atoms with Gasteiger partial charge in [-0.1, -0.05) is 12.1 Å². The highest BCUT2D eigenvalue weighted by molar-refractivity contribution is 5.79. The lowest BCUT2D eigenvalue weighted by Gasteiger charge is -2.30. The van der Waals surface area contributed by atoms with E-state index in [2.05, 4.69) is 0 Å². The molecule has 2 rings (SSSR count). The number of carbonyl (C=O) groups excluding carboxylic acids is 1. The van der Waals surface area contributed by atoms with Crippen molar-refractivity contribution in [3.05, 3.63) is 29.8 Å². The monoisotopic (exact) mass is 234 g/mol. The van der Waals surface area contributed by atoms with Gasteiger partial charge in [0.05, 0.1) is 6.42 Å². The van der Waals surface area contributed by atoms with Crippen LogP contribution in [0.5, 0.6) is 5.75 Å². The van der Waals surface area contributed by atoms with Gasteiger partial charge in [-0.25, -0.2) is 0 Å². The minimum atomic E-state index is 0.0887. The summed E-state index contributed by atoms with van der Waals surface area (Å²) >= 11 is 0. The Morgan fingerprint density at radius 3 is 3.06 bits per heavy atom. The molecule has 1 unspecified atom stereocenters. The van der Waals surface area contributed by atoms with Crippen LogP contribution in [-0.4, -0.2) is 35.0 Å². The highest BCUT2D eigenvalue weighted by atomic mass is 16.3. The average molecular weight is 234 g/mol. The number of hydrogen-bond donors (Lipinski definition) is 2. The van der Waals surface area contributed by atoms with E-state index in [0.717, 1.165) is 24.9 Å². The summed E-state index contributed by atoms with van der Waals surface area (Å²) in [5, 5.41) is 9.33. The van der Waals surface area contributed by atoms with Gasteiger partial charge in [0, 0.05) is 19.1 Å². The summed E-state index contributed by atoms with van der Waals surface area (Å²) in [6.45, 7) is 1.45. The summed E-state index contributed by atoms with van der Waals surface area (Å²) in [6.07, 6.45) is 2.31. The van der Waals surface area contributed by atoms with Crippen LogP contribution < -0.4 is 5.73 Å². The summed E-state index contributed by atoms with van der Waals surface area (Å²) < 4.78 is 0. The van der Waals surface area contributed by atoms with E-state index in [-0.39, 0.29) is 17.7 Å². The summed E-state index contributed by atoms with van der Waals surface area (Å²) in [7, 11) is 0. The molecule has 0 spiro atoms. The molecule has 1 heterocycles. The maximum absolute atomic E-state index is 12.0. The molecular weight excluding hydrogens is 216 g/mol. The maximum Gasteiger partial charge on any atom is 0.227 e. The van der Waals surface area contributed by atoms with Gasteiger partial charge in [-0.3, -0.25) is 4.79 Å². The molecule has 0 aliphatic carbocycles. The minimum absolute atomic E-state index is 0.0887. The Hall–Kier alpha value is -1.55. The Morgan fingerprint density at radius 1 is 1.53 bits per heavy atom. The molecule has 4 nitrogen and oxygen atoms in total. The van der Waals surface area contributed by atoms with Gasteiger partial charge >= 0.3 is 0 Å². The fourth-order valence-electron chi connectivity index (χ4n) is 2.19. The van der Waals surface area contributed by atoms with Gasteiger partial charge in [0.1, 0.15) is 5.75 Å². The number of carbonyl (C=O) groups is 1. The zero-order valence-electron chi connectivity index (χ0n) is 9.80. The first-order valence-corrected chi connectivity index (χ1v) is 5.96. The van der Waals surface area contributed by atoms with E-state index in [1.165, 1.54) is 0 Å². The Kier molecular flexibility index (Phi) is 3.64. The van der Waals surface area contributed by atoms with Crippen LogP contribution in [-0.2, 0) is 11.2 Å². The number of likely N-dealkylation sites (tertiary alicyclic amines) is 1. The third-order valence-electron chi connectivity index (χ3n) is 3.08. The van der Waals surface area contributed by atoms with Crippen LogP contribution in [0.25, 0.3) is 0 Å². The molecule has 17 heavy (non-hydrogen) atoms. The summed E-state index contributed by atoms with van der Waals surface area (Å²) in [4.78, 5) is 13.8. The second kappa shape index (κ2) is 5.19. The fraction of sp³-hybridized carbons (Fsp3) is 0.462. The van der Waals surface area contributed by atoms with Gasteiger partial charge in [-0.15, -0.1) is 0 Å². The maximum atomic E-state index is 12.0. The molecule has 1 fully saturated rings. The molecule has 1 saturated heterocycles. The normalized spacial score (nSPS) is 20.3. The van der Waals surface area contributed by atoms with Crippen molar-refractivity contribution in [2.75, 3.05) is 13.1 Å². The molecule has 3 N–H and O–H groups in total. The Bertz CT molecular complexity index is 406. The van der Waals surface area contributed by atoms with E-state index in [9.17, 15) is 9.90 Å². The predicted molar refractivity (Wildman–Crippen MR) is 65.6 cm³/mol. The number of piperidine rings is 1. The van der Waals surface area contributed by atoms with E-state index in [1.54, 1.807) is 18.2 Å². The second-order valence-electron chi connectivity index (χ2n) is 4.59. The molecule has 1 aromatic rings. The van der Waals surface area contributed by atoms with Crippen LogP contribution in [0.3, 0.4) is 0 Å². The van der Waals surface area contributed by atoms with Gasteiger partial charge in [-0.2, -0.15) is 0 Å². The van der Waals surface area contributed by atoms with Gasteiger partial charge in [0.2, 0.25) is 5.91 Å². The van der Waals surface area contributed by atoms with E-state index < -0.39 is 0 Å². The number of phenols is 1. The van der Waals surface area contributed by atoms with Gasteiger partial charge < -0.3 is 15.7 Å². The van der Waals surface area contributed by atoms with Crippen molar-refractivity contribution in [2.45, 2.75) is 25.3 Å². The predicted octanol–water partition coefficient (Wildman–Crippen LogP) is 0.884. The zero-order valence-corrected chi connectivity index (χ0v) is 9.80. The third-order valence-corrected chi connectivity index (χ3v) is 3.08. The summed E-state index contributed by atoms with van der Waals surface area (Å²) in [5.41, 5.74) is 6.69. The van der Waals surface area contributed by atoms with Gasteiger partial charge in [0.15, 0.2) is 0 Å². The van der Waals surface area contributed by atoms with Crippen molar-refractivity contribution < 1.29 is 9.90 Å². The fourth-order valence-corrected chi connectivity index (χ4v) is 2.19. The number of nitrogens with two attached hydrogens (primary N) is 1. The highest BCUT2D eigenvalue weighted by Gasteiger charge is 2.21. The van der Waals surface area contributed by atoms with Crippen molar-refractivity contribution >= 4 is 5.91 Å². The number of amides is 1. The molecule has 4 heteroatoms. The third kappa shape index (κ3) is 3.20. The van der Waals surface area contributed by atoms with Gasteiger partial charge in [0.25, 0.3) is 0 Å². The van der Waals surface area contributed by atoms with Crippen LogP contribution in [0.15, 0.2) is 24.3 Å². The van der Waals surface area contributed by atoms with Crippen molar-refractivity contribution in [3.63, 3.8) is 0 Å². The smallest absolute Gasteiger partial charge is 0.227 e. The van der Waals surface area contributed by atoms with E-state index in [4.69, 9.17) is 5.73 Å².